The molecule has 0 unspecified atom stereocenters. The third-order valence-corrected chi connectivity index (χ3v) is 4.27. The zero-order valence-electron chi connectivity index (χ0n) is 13.3. The van der Waals surface area contributed by atoms with Gasteiger partial charge < -0.3 is 10.2 Å². The van der Waals surface area contributed by atoms with Gasteiger partial charge in [-0.15, -0.1) is 0 Å². The van der Waals surface area contributed by atoms with Crippen LogP contribution in [0.4, 0.5) is 0 Å². The zero-order valence-corrected chi connectivity index (χ0v) is 13.3. The molecule has 114 valence electrons. The molecule has 0 saturated carbocycles. The summed E-state index contributed by atoms with van der Waals surface area (Å²) in [6.07, 6.45) is 4.70. The van der Waals surface area contributed by atoms with Crippen molar-refractivity contribution in [2.75, 3.05) is 26.7 Å². The molecule has 0 aromatic carbocycles. The Kier molecular flexibility index (Phi) is 4.22. The monoisotopic (exact) mass is 287 g/mol. The lowest BCUT2D eigenvalue weighted by Crippen LogP contribution is -2.34. The van der Waals surface area contributed by atoms with Gasteiger partial charge in [0.05, 0.1) is 5.69 Å². The van der Waals surface area contributed by atoms with E-state index in [1.54, 1.807) is 0 Å². The second-order valence-electron chi connectivity index (χ2n) is 6.33. The van der Waals surface area contributed by atoms with E-state index in [0.717, 1.165) is 49.3 Å². The van der Waals surface area contributed by atoms with E-state index < -0.39 is 0 Å². The SMILES string of the molecule is Cc1cc(C)n2cc(CN(C)CC3CCNCC3)nc2n1. The number of fused-ring (bicyclic) bond motifs is 1. The van der Waals surface area contributed by atoms with Gasteiger partial charge in [-0.2, -0.15) is 0 Å². The average molecular weight is 287 g/mol. The van der Waals surface area contributed by atoms with Crippen molar-refractivity contribution < 1.29 is 0 Å². The van der Waals surface area contributed by atoms with Gasteiger partial charge in [0.15, 0.2) is 0 Å². The van der Waals surface area contributed by atoms with Gasteiger partial charge in [0.25, 0.3) is 0 Å². The molecule has 3 rings (SSSR count). The van der Waals surface area contributed by atoms with E-state index in [-0.39, 0.29) is 0 Å². The zero-order chi connectivity index (χ0) is 14.8. The molecular weight excluding hydrogens is 262 g/mol. The number of aryl methyl sites for hydroxylation is 2. The number of hydrogen-bond donors (Lipinski definition) is 1. The highest BCUT2D eigenvalue weighted by Crippen LogP contribution is 2.15. The van der Waals surface area contributed by atoms with Gasteiger partial charge in [-0.3, -0.25) is 4.40 Å². The van der Waals surface area contributed by atoms with Crippen molar-refractivity contribution in [1.82, 2.24) is 24.6 Å². The number of nitrogens with zero attached hydrogens (tertiary/aromatic N) is 4. The van der Waals surface area contributed by atoms with Crippen molar-refractivity contribution in [2.45, 2.75) is 33.2 Å². The van der Waals surface area contributed by atoms with Gasteiger partial charge >= 0.3 is 0 Å². The van der Waals surface area contributed by atoms with E-state index in [4.69, 9.17) is 0 Å². The van der Waals surface area contributed by atoms with Gasteiger partial charge in [-0.05, 0) is 58.8 Å². The van der Waals surface area contributed by atoms with Gasteiger partial charge in [0.1, 0.15) is 0 Å². The third-order valence-electron chi connectivity index (χ3n) is 4.27. The number of nitrogens with one attached hydrogen (secondary N) is 1. The maximum absolute atomic E-state index is 4.67. The fourth-order valence-electron chi connectivity index (χ4n) is 3.24. The van der Waals surface area contributed by atoms with Crippen LogP contribution < -0.4 is 5.32 Å². The molecule has 1 fully saturated rings. The molecule has 3 heterocycles. The summed E-state index contributed by atoms with van der Waals surface area (Å²) < 4.78 is 2.08. The molecule has 21 heavy (non-hydrogen) atoms. The molecule has 2 aromatic rings. The molecule has 5 heteroatoms. The Hall–Kier alpha value is -1.46. The summed E-state index contributed by atoms with van der Waals surface area (Å²) in [7, 11) is 2.19. The standard InChI is InChI=1S/C16H25N5/c1-12-8-13(2)21-11-15(19-16(21)18-12)10-20(3)9-14-4-6-17-7-5-14/h8,11,14,17H,4-7,9-10H2,1-3H3. The maximum atomic E-state index is 4.67. The van der Waals surface area contributed by atoms with Crippen LogP contribution in [0.5, 0.6) is 0 Å². The molecule has 1 N–H and O–H groups in total. The highest BCUT2D eigenvalue weighted by atomic mass is 15.1. The minimum absolute atomic E-state index is 0.815. The summed E-state index contributed by atoms with van der Waals surface area (Å²) in [6, 6.07) is 2.09. The quantitative estimate of drug-likeness (QED) is 0.931. The highest BCUT2D eigenvalue weighted by molar-refractivity contribution is 5.34. The van der Waals surface area contributed by atoms with Crippen LogP contribution in [0, 0.1) is 19.8 Å². The minimum Gasteiger partial charge on any atom is -0.317 e. The fraction of sp³-hybridized carbons (Fsp3) is 0.625. The normalized spacial score (nSPS) is 17.0. The van der Waals surface area contributed by atoms with Crippen LogP contribution in [0.15, 0.2) is 12.3 Å². The second-order valence-corrected chi connectivity index (χ2v) is 6.33. The molecule has 0 spiro atoms. The van der Waals surface area contributed by atoms with Crippen molar-refractivity contribution >= 4 is 5.78 Å². The van der Waals surface area contributed by atoms with Gasteiger partial charge in [0, 0.05) is 30.7 Å². The van der Waals surface area contributed by atoms with Crippen LogP contribution in [-0.4, -0.2) is 46.0 Å². The molecule has 0 bridgehead atoms. The molecular formula is C16H25N5. The van der Waals surface area contributed by atoms with Crippen molar-refractivity contribution in [1.29, 1.82) is 0 Å². The Morgan fingerprint density at radius 1 is 1.29 bits per heavy atom. The van der Waals surface area contributed by atoms with Gasteiger partial charge in [0.2, 0.25) is 5.78 Å². The summed E-state index contributed by atoms with van der Waals surface area (Å²) in [4.78, 5) is 11.6. The summed E-state index contributed by atoms with van der Waals surface area (Å²) in [5.74, 6) is 1.63. The number of hydrogen-bond acceptors (Lipinski definition) is 4. The van der Waals surface area contributed by atoms with Gasteiger partial charge in [-0.1, -0.05) is 0 Å². The van der Waals surface area contributed by atoms with E-state index in [1.165, 1.54) is 18.5 Å². The number of aromatic nitrogens is 3. The first-order valence-electron chi connectivity index (χ1n) is 7.83. The lowest BCUT2D eigenvalue weighted by molar-refractivity contribution is 0.233. The molecule has 5 nitrogen and oxygen atoms in total. The predicted octanol–water partition coefficient (Wildman–Crippen LogP) is 1.78. The Balaban J connectivity index is 1.68. The van der Waals surface area contributed by atoms with Crippen LogP contribution in [0.2, 0.25) is 0 Å². The lowest BCUT2D eigenvalue weighted by atomic mass is 9.98. The molecule has 2 aromatic heterocycles. The molecule has 0 amide bonds. The lowest BCUT2D eigenvalue weighted by Gasteiger charge is -2.27. The third kappa shape index (κ3) is 3.41. The molecule has 0 atom stereocenters. The van der Waals surface area contributed by atoms with Crippen LogP contribution in [0.3, 0.4) is 0 Å². The summed E-state index contributed by atoms with van der Waals surface area (Å²) >= 11 is 0. The van der Waals surface area contributed by atoms with Crippen LogP contribution in [0.1, 0.15) is 29.9 Å². The Bertz CT molecular complexity index is 612. The van der Waals surface area contributed by atoms with Crippen molar-refractivity contribution in [3.05, 3.63) is 29.3 Å². The Morgan fingerprint density at radius 3 is 2.81 bits per heavy atom. The topological polar surface area (TPSA) is 45.5 Å². The second kappa shape index (κ2) is 6.12. The highest BCUT2D eigenvalue weighted by Gasteiger charge is 2.16. The first-order valence-corrected chi connectivity index (χ1v) is 7.83. The molecule has 0 aliphatic carbocycles. The number of piperidine rings is 1. The van der Waals surface area contributed by atoms with Crippen molar-refractivity contribution in [3.8, 4) is 0 Å². The number of imidazole rings is 1. The summed E-state index contributed by atoms with van der Waals surface area (Å²) in [5.41, 5.74) is 3.32. The fourth-order valence-corrected chi connectivity index (χ4v) is 3.24. The molecule has 0 radical (unpaired) electrons. The van der Waals surface area contributed by atoms with E-state index in [0.29, 0.717) is 0 Å². The smallest absolute Gasteiger partial charge is 0.234 e. The largest absolute Gasteiger partial charge is 0.317 e. The van der Waals surface area contributed by atoms with E-state index in [1.807, 2.05) is 6.92 Å². The van der Waals surface area contributed by atoms with Crippen LogP contribution in [-0.2, 0) is 6.54 Å². The average Bonchev–Trinajstić information content (AvgIpc) is 2.82. The van der Waals surface area contributed by atoms with Crippen molar-refractivity contribution in [3.63, 3.8) is 0 Å². The van der Waals surface area contributed by atoms with Gasteiger partial charge in [-0.25, -0.2) is 9.97 Å². The van der Waals surface area contributed by atoms with E-state index in [2.05, 4.69) is 50.8 Å². The molecule has 1 saturated heterocycles. The first kappa shape index (κ1) is 14.5. The van der Waals surface area contributed by atoms with Crippen LogP contribution in [0.25, 0.3) is 5.78 Å². The molecule has 1 aliphatic rings. The Morgan fingerprint density at radius 2 is 2.05 bits per heavy atom. The van der Waals surface area contributed by atoms with E-state index >= 15 is 0 Å². The van der Waals surface area contributed by atoms with Crippen LogP contribution >= 0.6 is 0 Å². The predicted molar refractivity (Wildman–Crippen MR) is 84.4 cm³/mol. The van der Waals surface area contributed by atoms with E-state index in [9.17, 15) is 0 Å². The Labute approximate surface area is 126 Å². The maximum Gasteiger partial charge on any atom is 0.234 e. The minimum atomic E-state index is 0.815. The first-order chi connectivity index (χ1) is 10.1. The van der Waals surface area contributed by atoms with Crippen molar-refractivity contribution in [2.24, 2.45) is 5.92 Å². The number of rotatable bonds is 4. The summed E-state index contributed by atoms with van der Waals surface area (Å²) in [5, 5.41) is 3.42. The molecule has 1 aliphatic heterocycles. The summed E-state index contributed by atoms with van der Waals surface area (Å²) in [6.45, 7) is 8.49.